The van der Waals surface area contributed by atoms with Crippen molar-refractivity contribution in [1.29, 1.82) is 0 Å². The molecule has 1 saturated carbocycles. The van der Waals surface area contributed by atoms with Gasteiger partial charge < -0.3 is 4.90 Å². The number of aryl methyl sites for hydroxylation is 2. The number of nitrogens with one attached hydrogen (secondary N) is 2. The van der Waals surface area contributed by atoms with Crippen molar-refractivity contribution in [3.63, 3.8) is 0 Å². The summed E-state index contributed by atoms with van der Waals surface area (Å²) in [7, 11) is 1.87. The molecule has 3 aromatic rings. The third kappa shape index (κ3) is 4.65. The van der Waals surface area contributed by atoms with Crippen molar-refractivity contribution in [3.05, 3.63) is 57.6 Å². The third-order valence-electron chi connectivity index (χ3n) is 6.75. The molecule has 1 saturated heterocycles. The van der Waals surface area contributed by atoms with E-state index in [1.165, 1.54) is 17.4 Å². The normalized spacial score (nSPS) is 20.5. The number of carbonyl (C=O) groups is 1. The third-order valence-corrected chi connectivity index (χ3v) is 7.92. The van der Waals surface area contributed by atoms with Crippen LogP contribution in [-0.4, -0.2) is 40.4 Å². The fourth-order valence-corrected chi connectivity index (χ4v) is 5.92. The molecule has 3 heterocycles. The summed E-state index contributed by atoms with van der Waals surface area (Å²) in [6, 6.07) is 7.15. The number of hydrazine groups is 1. The van der Waals surface area contributed by atoms with Gasteiger partial charge in [0.1, 0.15) is 16.5 Å². The fourth-order valence-electron chi connectivity index (χ4n) is 4.69. The molecule has 0 bridgehead atoms. The number of fused-ring (bicyclic) bond motifs is 1. The number of amides is 1. The molecule has 174 valence electrons. The fraction of sp³-hybridized carbons (Fsp3) is 0.480. The van der Waals surface area contributed by atoms with E-state index in [9.17, 15) is 9.18 Å². The minimum atomic E-state index is -0.209. The summed E-state index contributed by atoms with van der Waals surface area (Å²) >= 11 is 1.50. The Balaban J connectivity index is 1.18. The molecule has 2 fully saturated rings. The molecule has 1 aliphatic carbocycles. The zero-order valence-corrected chi connectivity index (χ0v) is 20.1. The first kappa shape index (κ1) is 22.4. The van der Waals surface area contributed by atoms with Gasteiger partial charge in [-0.3, -0.25) is 15.6 Å². The molecule has 8 heteroatoms. The Bertz CT molecular complexity index is 1190. The van der Waals surface area contributed by atoms with Crippen LogP contribution >= 0.6 is 11.3 Å². The summed E-state index contributed by atoms with van der Waals surface area (Å²) in [5, 5.41) is 1.03. The van der Waals surface area contributed by atoms with Gasteiger partial charge in [-0.15, -0.1) is 11.3 Å². The van der Waals surface area contributed by atoms with Crippen molar-refractivity contribution in [2.75, 3.05) is 13.6 Å². The highest BCUT2D eigenvalue weighted by atomic mass is 32.1. The van der Waals surface area contributed by atoms with Gasteiger partial charge in [-0.25, -0.2) is 14.4 Å². The maximum absolute atomic E-state index is 13.5. The van der Waals surface area contributed by atoms with Gasteiger partial charge in [-0.1, -0.05) is 12.1 Å². The van der Waals surface area contributed by atoms with E-state index < -0.39 is 0 Å². The predicted molar refractivity (Wildman–Crippen MR) is 129 cm³/mol. The highest BCUT2D eigenvalue weighted by Crippen LogP contribution is 2.40. The zero-order chi connectivity index (χ0) is 23.1. The lowest BCUT2D eigenvalue weighted by atomic mass is 9.99. The van der Waals surface area contributed by atoms with Crippen LogP contribution in [0.5, 0.6) is 0 Å². The van der Waals surface area contributed by atoms with E-state index >= 15 is 0 Å². The van der Waals surface area contributed by atoms with Gasteiger partial charge in [0.05, 0.1) is 10.6 Å². The number of halogens is 1. The lowest BCUT2D eigenvalue weighted by Gasteiger charge is -2.18. The molecule has 0 spiro atoms. The van der Waals surface area contributed by atoms with E-state index in [2.05, 4.69) is 10.9 Å². The van der Waals surface area contributed by atoms with E-state index in [-0.39, 0.29) is 17.8 Å². The summed E-state index contributed by atoms with van der Waals surface area (Å²) in [5.41, 5.74) is 9.52. The van der Waals surface area contributed by atoms with Crippen LogP contribution in [0.4, 0.5) is 4.39 Å². The van der Waals surface area contributed by atoms with Gasteiger partial charge in [0, 0.05) is 37.0 Å². The van der Waals surface area contributed by atoms with Crippen LogP contribution < -0.4 is 10.9 Å². The average Bonchev–Trinajstić information content (AvgIpc) is 3.45. The van der Waals surface area contributed by atoms with Gasteiger partial charge >= 0.3 is 0 Å². The SMILES string of the molecule is Cc1nc(C2CC2)nc2sc(C(=O)N(C)CCCC3CC(c4cccc(F)c4)NN3)c(C)c12. The number of carbonyl (C=O) groups excluding carboxylic acids is 1. The smallest absolute Gasteiger partial charge is 0.264 e. The van der Waals surface area contributed by atoms with Crippen LogP contribution in [0.25, 0.3) is 10.2 Å². The van der Waals surface area contributed by atoms with Gasteiger partial charge in [-0.05, 0) is 69.2 Å². The Labute approximate surface area is 197 Å². The first-order valence-electron chi connectivity index (χ1n) is 11.7. The number of thiophene rings is 1. The number of benzene rings is 1. The van der Waals surface area contributed by atoms with E-state index in [0.717, 1.165) is 69.8 Å². The second kappa shape index (κ2) is 9.08. The van der Waals surface area contributed by atoms with Crippen LogP contribution in [0.15, 0.2) is 24.3 Å². The minimum Gasteiger partial charge on any atom is -0.341 e. The molecular weight excluding hydrogens is 437 g/mol. The molecule has 2 aromatic heterocycles. The number of hydrogen-bond donors (Lipinski definition) is 2. The summed E-state index contributed by atoms with van der Waals surface area (Å²) in [5.74, 6) is 1.27. The Morgan fingerprint density at radius 3 is 2.82 bits per heavy atom. The Kier molecular flexibility index (Phi) is 6.16. The summed E-state index contributed by atoms with van der Waals surface area (Å²) < 4.78 is 13.5. The Morgan fingerprint density at radius 1 is 1.24 bits per heavy atom. The highest BCUT2D eigenvalue weighted by molar-refractivity contribution is 7.20. The first-order chi connectivity index (χ1) is 15.9. The molecular formula is C25H30FN5OS. The van der Waals surface area contributed by atoms with Crippen molar-refractivity contribution in [2.24, 2.45) is 0 Å². The molecule has 2 N–H and O–H groups in total. The van der Waals surface area contributed by atoms with Crippen molar-refractivity contribution in [2.45, 2.75) is 64.0 Å². The molecule has 5 rings (SSSR count). The van der Waals surface area contributed by atoms with E-state index in [1.54, 1.807) is 12.1 Å². The quantitative estimate of drug-likeness (QED) is 0.523. The van der Waals surface area contributed by atoms with Crippen molar-refractivity contribution in [1.82, 2.24) is 25.7 Å². The summed E-state index contributed by atoms with van der Waals surface area (Å²) in [4.78, 5) is 26.2. The highest BCUT2D eigenvalue weighted by Gasteiger charge is 2.29. The van der Waals surface area contributed by atoms with Gasteiger partial charge in [-0.2, -0.15) is 0 Å². The average molecular weight is 468 g/mol. The monoisotopic (exact) mass is 467 g/mol. The van der Waals surface area contributed by atoms with E-state index in [0.29, 0.717) is 18.5 Å². The maximum atomic E-state index is 13.5. The Morgan fingerprint density at radius 2 is 2.06 bits per heavy atom. The van der Waals surface area contributed by atoms with Gasteiger partial charge in [0.15, 0.2) is 0 Å². The van der Waals surface area contributed by atoms with E-state index in [1.807, 2.05) is 31.9 Å². The van der Waals surface area contributed by atoms with Crippen LogP contribution in [0, 0.1) is 19.7 Å². The molecule has 1 amide bonds. The van der Waals surface area contributed by atoms with Crippen LogP contribution in [0.2, 0.25) is 0 Å². The van der Waals surface area contributed by atoms with Crippen molar-refractivity contribution >= 4 is 27.5 Å². The topological polar surface area (TPSA) is 70.2 Å². The van der Waals surface area contributed by atoms with Crippen molar-refractivity contribution in [3.8, 4) is 0 Å². The van der Waals surface area contributed by atoms with Crippen molar-refractivity contribution < 1.29 is 9.18 Å². The van der Waals surface area contributed by atoms with E-state index in [4.69, 9.17) is 9.97 Å². The first-order valence-corrected chi connectivity index (χ1v) is 12.5. The molecule has 0 radical (unpaired) electrons. The summed E-state index contributed by atoms with van der Waals surface area (Å²) in [6.45, 7) is 4.72. The second-order valence-electron chi connectivity index (χ2n) is 9.38. The van der Waals surface area contributed by atoms with Crippen LogP contribution in [0.1, 0.15) is 76.4 Å². The van der Waals surface area contributed by atoms with Gasteiger partial charge in [0.25, 0.3) is 5.91 Å². The molecule has 1 aliphatic heterocycles. The predicted octanol–water partition coefficient (Wildman–Crippen LogP) is 4.78. The lowest BCUT2D eigenvalue weighted by Crippen LogP contribution is -2.32. The molecule has 2 atom stereocenters. The Hall–Kier alpha value is -2.42. The summed E-state index contributed by atoms with van der Waals surface area (Å²) in [6.07, 6.45) is 5.07. The number of nitrogens with zero attached hydrogens (tertiary/aromatic N) is 3. The molecule has 1 aromatic carbocycles. The molecule has 2 aliphatic rings. The standard InChI is InChI=1S/C25H30FN5OS/c1-14-21-15(2)27-23(16-9-10-16)28-24(21)33-22(14)25(32)31(3)11-5-8-19-13-20(30-29-19)17-6-4-7-18(26)12-17/h4,6-7,12,16,19-20,29-30H,5,8-11,13H2,1-3H3. The largest absolute Gasteiger partial charge is 0.341 e. The number of rotatable bonds is 7. The molecule has 2 unspecified atom stereocenters. The zero-order valence-electron chi connectivity index (χ0n) is 19.3. The molecule has 6 nitrogen and oxygen atoms in total. The van der Waals surface area contributed by atoms with Crippen LogP contribution in [-0.2, 0) is 0 Å². The minimum absolute atomic E-state index is 0.0537. The number of aromatic nitrogens is 2. The lowest BCUT2D eigenvalue weighted by molar-refractivity contribution is 0.0796. The second-order valence-corrected chi connectivity index (χ2v) is 10.4. The molecule has 33 heavy (non-hydrogen) atoms. The van der Waals surface area contributed by atoms with Crippen LogP contribution in [0.3, 0.4) is 0 Å². The maximum Gasteiger partial charge on any atom is 0.264 e. The number of hydrogen-bond acceptors (Lipinski definition) is 6. The van der Waals surface area contributed by atoms with Gasteiger partial charge in [0.2, 0.25) is 0 Å².